The van der Waals surface area contributed by atoms with Gasteiger partial charge in [-0.1, -0.05) is 12.1 Å². The molecule has 25 heavy (non-hydrogen) atoms. The Morgan fingerprint density at radius 1 is 1.20 bits per heavy atom. The summed E-state index contributed by atoms with van der Waals surface area (Å²) in [5.74, 6) is 0.173. The van der Waals surface area contributed by atoms with Crippen LogP contribution in [0.3, 0.4) is 0 Å². The number of carbonyl (C=O) groups is 1. The molecule has 3 rings (SSSR count). The number of hydrogen-bond acceptors (Lipinski definition) is 7. The molecular formula is C15H13N3O4S3. The molecule has 0 saturated heterocycles. The predicted octanol–water partition coefficient (Wildman–Crippen LogP) is 3.27. The Balaban J connectivity index is 1.71. The second-order valence-electron chi connectivity index (χ2n) is 4.76. The molecule has 0 spiro atoms. The first-order chi connectivity index (χ1) is 12.0. The van der Waals surface area contributed by atoms with Crippen molar-refractivity contribution in [2.24, 2.45) is 0 Å². The van der Waals surface area contributed by atoms with Crippen molar-refractivity contribution in [3.63, 3.8) is 0 Å². The molecule has 0 aliphatic carbocycles. The number of ether oxygens (including phenoxy) is 1. The predicted molar refractivity (Wildman–Crippen MR) is 98.2 cm³/mol. The van der Waals surface area contributed by atoms with Gasteiger partial charge in [-0.15, -0.1) is 22.7 Å². The fourth-order valence-electron chi connectivity index (χ4n) is 1.90. The number of rotatable bonds is 6. The summed E-state index contributed by atoms with van der Waals surface area (Å²) in [6.07, 6.45) is 0. The minimum Gasteiger partial charge on any atom is -0.497 e. The molecule has 2 N–H and O–H groups in total. The summed E-state index contributed by atoms with van der Waals surface area (Å²) >= 11 is 2.14. The minimum atomic E-state index is -3.68. The first-order valence-corrected chi connectivity index (χ1v) is 10.2. The molecule has 10 heteroatoms. The molecule has 0 saturated carbocycles. The third kappa shape index (κ3) is 4.16. The van der Waals surface area contributed by atoms with E-state index in [1.807, 2.05) is 0 Å². The number of thiophene rings is 1. The van der Waals surface area contributed by atoms with E-state index >= 15 is 0 Å². The number of thiazole rings is 1. The van der Waals surface area contributed by atoms with Crippen molar-refractivity contribution >= 4 is 49.4 Å². The number of aromatic nitrogens is 1. The highest BCUT2D eigenvalue weighted by Crippen LogP contribution is 2.23. The molecule has 0 aliphatic heterocycles. The van der Waals surface area contributed by atoms with Gasteiger partial charge in [0.2, 0.25) is 0 Å². The molecule has 1 aromatic carbocycles. The Kier molecular flexibility index (Phi) is 5.02. The first-order valence-electron chi connectivity index (χ1n) is 6.95. The van der Waals surface area contributed by atoms with Crippen LogP contribution in [0.2, 0.25) is 0 Å². The number of methoxy groups -OCH3 is 1. The quantitative estimate of drug-likeness (QED) is 0.668. The Bertz CT molecular complexity index is 981. The van der Waals surface area contributed by atoms with Crippen molar-refractivity contribution in [2.45, 2.75) is 4.21 Å². The van der Waals surface area contributed by atoms with Gasteiger partial charge >= 0.3 is 0 Å². The fraction of sp³-hybridized carbons (Fsp3) is 0.0667. The van der Waals surface area contributed by atoms with Crippen LogP contribution in [0.4, 0.5) is 10.8 Å². The highest BCUT2D eigenvalue weighted by atomic mass is 32.2. The van der Waals surface area contributed by atoms with Gasteiger partial charge in [-0.2, -0.15) is 0 Å². The smallest absolute Gasteiger partial charge is 0.275 e. The van der Waals surface area contributed by atoms with Crippen molar-refractivity contribution < 1.29 is 17.9 Å². The molecule has 0 bridgehead atoms. The summed E-state index contributed by atoms with van der Waals surface area (Å²) in [4.78, 5) is 16.3. The van der Waals surface area contributed by atoms with Crippen LogP contribution in [0.25, 0.3) is 0 Å². The number of anilines is 2. The third-order valence-electron chi connectivity index (χ3n) is 3.05. The van der Waals surface area contributed by atoms with Crippen molar-refractivity contribution in [1.29, 1.82) is 0 Å². The van der Waals surface area contributed by atoms with Gasteiger partial charge in [-0.05, 0) is 23.6 Å². The molecule has 0 atom stereocenters. The van der Waals surface area contributed by atoms with Crippen molar-refractivity contribution in [3.8, 4) is 5.75 Å². The maximum atomic E-state index is 12.2. The van der Waals surface area contributed by atoms with E-state index < -0.39 is 15.9 Å². The summed E-state index contributed by atoms with van der Waals surface area (Å²) in [5.41, 5.74) is 0.676. The largest absolute Gasteiger partial charge is 0.497 e. The van der Waals surface area contributed by atoms with E-state index in [-0.39, 0.29) is 15.0 Å². The molecule has 7 nitrogen and oxygen atoms in total. The lowest BCUT2D eigenvalue weighted by Crippen LogP contribution is -2.14. The zero-order valence-electron chi connectivity index (χ0n) is 12.9. The molecule has 0 fully saturated rings. The van der Waals surface area contributed by atoms with Gasteiger partial charge in [0, 0.05) is 17.1 Å². The Labute approximate surface area is 152 Å². The molecule has 2 heterocycles. The second-order valence-corrected chi connectivity index (χ2v) is 8.48. The van der Waals surface area contributed by atoms with Crippen LogP contribution < -0.4 is 14.8 Å². The van der Waals surface area contributed by atoms with Crippen molar-refractivity contribution in [3.05, 3.63) is 52.9 Å². The van der Waals surface area contributed by atoms with E-state index in [0.29, 0.717) is 11.4 Å². The molecule has 0 aliphatic rings. The van der Waals surface area contributed by atoms with E-state index in [1.54, 1.807) is 35.7 Å². The molecule has 1 amide bonds. The lowest BCUT2D eigenvalue weighted by Gasteiger charge is -2.05. The summed E-state index contributed by atoms with van der Waals surface area (Å²) in [6, 6.07) is 10.0. The SMILES string of the molecule is COc1cccc(NC(=O)c2csc(NS(=O)(=O)c3cccs3)n2)c1. The lowest BCUT2D eigenvalue weighted by atomic mass is 10.3. The number of hydrogen-bond donors (Lipinski definition) is 2. The summed E-state index contributed by atoms with van der Waals surface area (Å²) in [6.45, 7) is 0. The maximum absolute atomic E-state index is 12.2. The average Bonchev–Trinajstić information content (AvgIpc) is 3.26. The van der Waals surface area contributed by atoms with Crippen LogP contribution in [-0.4, -0.2) is 26.4 Å². The van der Waals surface area contributed by atoms with E-state index in [2.05, 4.69) is 15.0 Å². The van der Waals surface area contributed by atoms with Gasteiger partial charge in [-0.25, -0.2) is 13.4 Å². The number of nitrogens with one attached hydrogen (secondary N) is 2. The molecule has 0 radical (unpaired) electrons. The molecule has 2 aromatic heterocycles. The van der Waals surface area contributed by atoms with Crippen LogP contribution in [0, 0.1) is 0 Å². The van der Waals surface area contributed by atoms with Gasteiger partial charge in [0.25, 0.3) is 15.9 Å². The van der Waals surface area contributed by atoms with Crippen LogP contribution in [0.15, 0.2) is 51.4 Å². The molecule has 0 unspecified atom stereocenters. The summed E-state index contributed by atoms with van der Waals surface area (Å²) < 4.78 is 32.0. The average molecular weight is 395 g/mol. The zero-order valence-corrected chi connectivity index (χ0v) is 15.4. The first kappa shape index (κ1) is 17.4. The highest BCUT2D eigenvalue weighted by Gasteiger charge is 2.18. The minimum absolute atomic E-state index is 0.122. The topological polar surface area (TPSA) is 97.4 Å². The standard InChI is InChI=1S/C15H13N3O4S3/c1-22-11-5-2-4-10(8-11)16-14(19)12-9-24-15(17-12)18-25(20,21)13-6-3-7-23-13/h2-9H,1H3,(H,16,19)(H,17,18). The van der Waals surface area contributed by atoms with Crippen molar-refractivity contribution in [1.82, 2.24) is 4.98 Å². The number of carbonyl (C=O) groups excluding carboxylic acids is 1. The summed E-state index contributed by atoms with van der Waals surface area (Å²) in [7, 11) is -2.15. The number of sulfonamides is 1. The van der Waals surface area contributed by atoms with E-state index in [4.69, 9.17) is 4.74 Å². The van der Waals surface area contributed by atoms with Gasteiger partial charge < -0.3 is 10.1 Å². The Morgan fingerprint density at radius 2 is 2.04 bits per heavy atom. The highest BCUT2D eigenvalue weighted by molar-refractivity contribution is 7.94. The van der Waals surface area contributed by atoms with E-state index in [0.717, 1.165) is 22.7 Å². The van der Waals surface area contributed by atoms with Gasteiger partial charge in [0.15, 0.2) is 5.13 Å². The number of benzene rings is 1. The van der Waals surface area contributed by atoms with Gasteiger partial charge in [0.1, 0.15) is 15.7 Å². The fourth-order valence-corrected chi connectivity index (χ4v) is 4.84. The van der Waals surface area contributed by atoms with Gasteiger partial charge in [0.05, 0.1) is 7.11 Å². The number of amides is 1. The van der Waals surface area contributed by atoms with Crippen LogP contribution in [0.1, 0.15) is 10.5 Å². The monoisotopic (exact) mass is 395 g/mol. The number of nitrogens with zero attached hydrogens (tertiary/aromatic N) is 1. The van der Waals surface area contributed by atoms with Crippen LogP contribution in [-0.2, 0) is 10.0 Å². The Hall–Kier alpha value is -2.43. The molecular weight excluding hydrogens is 382 g/mol. The van der Waals surface area contributed by atoms with E-state index in [1.165, 1.54) is 18.6 Å². The zero-order chi connectivity index (χ0) is 17.9. The molecule has 130 valence electrons. The van der Waals surface area contributed by atoms with Crippen LogP contribution in [0.5, 0.6) is 5.75 Å². The third-order valence-corrected chi connectivity index (χ3v) is 6.67. The van der Waals surface area contributed by atoms with Crippen molar-refractivity contribution in [2.75, 3.05) is 17.1 Å². The second kappa shape index (κ2) is 7.21. The maximum Gasteiger partial charge on any atom is 0.275 e. The normalized spacial score (nSPS) is 11.1. The Morgan fingerprint density at radius 3 is 2.76 bits per heavy atom. The van der Waals surface area contributed by atoms with Gasteiger partial charge in [-0.3, -0.25) is 9.52 Å². The molecule has 3 aromatic rings. The van der Waals surface area contributed by atoms with E-state index in [9.17, 15) is 13.2 Å². The lowest BCUT2D eigenvalue weighted by molar-refractivity contribution is 0.102. The van der Waals surface area contributed by atoms with Crippen LogP contribution >= 0.6 is 22.7 Å². The summed E-state index contributed by atoms with van der Waals surface area (Å²) in [5, 5.41) is 5.97.